The van der Waals surface area contributed by atoms with Gasteiger partial charge in [0.1, 0.15) is 5.82 Å². The Morgan fingerprint density at radius 2 is 2.00 bits per heavy atom. The molecule has 0 unspecified atom stereocenters. The summed E-state index contributed by atoms with van der Waals surface area (Å²) in [7, 11) is 0. The third-order valence-corrected chi connectivity index (χ3v) is 6.36. The lowest BCUT2D eigenvalue weighted by atomic mass is 9.95. The van der Waals surface area contributed by atoms with Crippen LogP contribution in [0, 0.1) is 18.7 Å². The van der Waals surface area contributed by atoms with Crippen molar-refractivity contribution in [2.45, 2.75) is 39.2 Å². The van der Waals surface area contributed by atoms with Crippen molar-refractivity contribution < 1.29 is 18.7 Å². The minimum absolute atomic E-state index is 0.126. The standard InChI is InChI=1S/C26H30FN3O3/c1-3-33-26(32)20-10-7-13-29(16-20)17-25(31)30-24(22-12-5-4-8-18(22)2)15-23(28-30)19-9-6-11-21(27)14-19/h4-6,8-9,11-12,14,20,24H,3,7,10,13,15-17H2,1-2H3/t20-,24-/m1/s1. The Labute approximate surface area is 194 Å². The second-order valence-electron chi connectivity index (χ2n) is 8.70. The smallest absolute Gasteiger partial charge is 0.310 e. The minimum atomic E-state index is -0.328. The number of esters is 1. The molecule has 1 saturated heterocycles. The van der Waals surface area contributed by atoms with E-state index in [1.165, 1.54) is 12.1 Å². The first-order valence-electron chi connectivity index (χ1n) is 11.6. The van der Waals surface area contributed by atoms with Gasteiger partial charge in [0.05, 0.1) is 30.8 Å². The van der Waals surface area contributed by atoms with E-state index in [1.54, 1.807) is 18.0 Å². The van der Waals surface area contributed by atoms with Gasteiger partial charge in [-0.05, 0) is 56.5 Å². The first-order valence-corrected chi connectivity index (χ1v) is 11.6. The van der Waals surface area contributed by atoms with Gasteiger partial charge in [0.25, 0.3) is 5.91 Å². The molecule has 174 valence electrons. The Balaban J connectivity index is 1.55. The summed E-state index contributed by atoms with van der Waals surface area (Å²) in [5, 5.41) is 6.21. The van der Waals surface area contributed by atoms with Gasteiger partial charge in [-0.2, -0.15) is 5.10 Å². The van der Waals surface area contributed by atoms with Crippen molar-refractivity contribution in [2.75, 3.05) is 26.2 Å². The number of hydrogen-bond donors (Lipinski definition) is 0. The second-order valence-corrected chi connectivity index (χ2v) is 8.70. The van der Waals surface area contributed by atoms with E-state index in [4.69, 9.17) is 4.74 Å². The van der Waals surface area contributed by atoms with Crippen LogP contribution in [0.2, 0.25) is 0 Å². The Hall–Kier alpha value is -3.06. The number of carbonyl (C=O) groups is 2. The zero-order valence-corrected chi connectivity index (χ0v) is 19.2. The number of nitrogens with zero attached hydrogens (tertiary/aromatic N) is 3. The number of rotatable bonds is 6. The highest BCUT2D eigenvalue weighted by Gasteiger charge is 2.36. The van der Waals surface area contributed by atoms with Gasteiger partial charge in [0.15, 0.2) is 0 Å². The summed E-state index contributed by atoms with van der Waals surface area (Å²) in [6, 6.07) is 14.0. The lowest BCUT2D eigenvalue weighted by Crippen LogP contribution is -2.44. The van der Waals surface area contributed by atoms with Crippen molar-refractivity contribution >= 4 is 17.6 Å². The number of ether oxygens (including phenoxy) is 1. The number of piperidine rings is 1. The number of halogens is 1. The third-order valence-electron chi connectivity index (χ3n) is 6.36. The molecule has 0 radical (unpaired) electrons. The quantitative estimate of drug-likeness (QED) is 0.621. The average Bonchev–Trinajstić information content (AvgIpc) is 3.25. The summed E-state index contributed by atoms with van der Waals surface area (Å²) in [5.74, 6) is -0.853. The van der Waals surface area contributed by atoms with Crippen LogP contribution in [0.5, 0.6) is 0 Å². The van der Waals surface area contributed by atoms with Crippen LogP contribution in [0.15, 0.2) is 53.6 Å². The van der Waals surface area contributed by atoms with E-state index in [-0.39, 0.29) is 36.2 Å². The van der Waals surface area contributed by atoms with Crippen LogP contribution in [0.25, 0.3) is 0 Å². The summed E-state index contributed by atoms with van der Waals surface area (Å²) < 4.78 is 19.0. The molecule has 0 spiro atoms. The first-order chi connectivity index (χ1) is 16.0. The number of benzene rings is 2. The maximum atomic E-state index is 13.8. The number of likely N-dealkylation sites (tertiary alicyclic amines) is 1. The van der Waals surface area contributed by atoms with Crippen LogP contribution in [-0.4, -0.2) is 53.7 Å². The van der Waals surface area contributed by atoms with Gasteiger partial charge in [-0.3, -0.25) is 14.5 Å². The van der Waals surface area contributed by atoms with E-state index in [1.807, 2.05) is 42.2 Å². The van der Waals surface area contributed by atoms with Crippen LogP contribution in [0.1, 0.15) is 48.9 Å². The van der Waals surface area contributed by atoms with E-state index >= 15 is 0 Å². The van der Waals surface area contributed by atoms with Gasteiger partial charge in [0.2, 0.25) is 0 Å². The molecule has 4 rings (SSSR count). The molecule has 33 heavy (non-hydrogen) atoms. The van der Waals surface area contributed by atoms with Crippen LogP contribution in [0.3, 0.4) is 0 Å². The molecule has 6 nitrogen and oxygen atoms in total. The second kappa shape index (κ2) is 10.3. The molecule has 7 heteroatoms. The SMILES string of the molecule is CCOC(=O)[C@@H]1CCCN(CC(=O)N2N=C(c3cccc(F)c3)C[C@@H]2c2ccccc2C)C1. The topological polar surface area (TPSA) is 62.2 Å². The van der Waals surface area contributed by atoms with E-state index < -0.39 is 0 Å². The van der Waals surface area contributed by atoms with Crippen LogP contribution in [-0.2, 0) is 14.3 Å². The van der Waals surface area contributed by atoms with Crippen molar-refractivity contribution in [3.63, 3.8) is 0 Å². The fourth-order valence-corrected chi connectivity index (χ4v) is 4.70. The van der Waals surface area contributed by atoms with E-state index in [0.29, 0.717) is 30.8 Å². The van der Waals surface area contributed by atoms with Gasteiger partial charge in [0, 0.05) is 18.5 Å². The van der Waals surface area contributed by atoms with Crippen molar-refractivity contribution in [3.05, 3.63) is 71.0 Å². The van der Waals surface area contributed by atoms with Gasteiger partial charge in [-0.1, -0.05) is 36.4 Å². The molecule has 1 amide bonds. The summed E-state index contributed by atoms with van der Waals surface area (Å²) >= 11 is 0. The molecule has 0 aromatic heterocycles. The number of hydrogen-bond acceptors (Lipinski definition) is 5. The molecule has 0 saturated carbocycles. The third kappa shape index (κ3) is 5.30. The molecule has 2 atom stereocenters. The molecule has 1 fully saturated rings. The molecular formula is C26H30FN3O3. The van der Waals surface area contributed by atoms with E-state index in [0.717, 1.165) is 30.5 Å². The minimum Gasteiger partial charge on any atom is -0.466 e. The number of amides is 1. The Bertz CT molecular complexity index is 1050. The molecule has 2 aliphatic heterocycles. The Morgan fingerprint density at radius 3 is 2.76 bits per heavy atom. The molecule has 2 aromatic carbocycles. The van der Waals surface area contributed by atoms with Crippen LogP contribution >= 0.6 is 0 Å². The van der Waals surface area contributed by atoms with E-state index in [2.05, 4.69) is 5.10 Å². The highest BCUT2D eigenvalue weighted by Crippen LogP contribution is 2.34. The summed E-state index contributed by atoms with van der Waals surface area (Å²) in [4.78, 5) is 27.6. The Kier molecular flexibility index (Phi) is 7.18. The van der Waals surface area contributed by atoms with Gasteiger partial charge in [-0.15, -0.1) is 0 Å². The predicted molar refractivity (Wildman–Crippen MR) is 124 cm³/mol. The summed E-state index contributed by atoms with van der Waals surface area (Å²) in [6.07, 6.45) is 2.14. The lowest BCUT2D eigenvalue weighted by Gasteiger charge is -2.32. The Morgan fingerprint density at radius 1 is 1.18 bits per heavy atom. The zero-order valence-electron chi connectivity index (χ0n) is 19.2. The summed E-state index contributed by atoms with van der Waals surface area (Å²) in [5.41, 5.74) is 3.49. The van der Waals surface area contributed by atoms with Gasteiger partial charge < -0.3 is 4.74 Å². The van der Waals surface area contributed by atoms with Crippen LogP contribution in [0.4, 0.5) is 4.39 Å². The average molecular weight is 452 g/mol. The van der Waals surface area contributed by atoms with Gasteiger partial charge >= 0.3 is 5.97 Å². The zero-order chi connectivity index (χ0) is 23.4. The monoisotopic (exact) mass is 451 g/mol. The van der Waals surface area contributed by atoms with Crippen molar-refractivity contribution in [1.82, 2.24) is 9.91 Å². The predicted octanol–water partition coefficient (Wildman–Crippen LogP) is 4.09. The molecule has 0 bridgehead atoms. The van der Waals surface area contributed by atoms with Crippen molar-refractivity contribution in [3.8, 4) is 0 Å². The van der Waals surface area contributed by atoms with Gasteiger partial charge in [-0.25, -0.2) is 9.40 Å². The largest absolute Gasteiger partial charge is 0.466 e. The summed E-state index contributed by atoms with van der Waals surface area (Å²) in [6.45, 7) is 5.62. The maximum absolute atomic E-state index is 13.8. The number of hydrazone groups is 1. The number of aryl methyl sites for hydroxylation is 1. The molecular weight excluding hydrogens is 421 g/mol. The van der Waals surface area contributed by atoms with Crippen molar-refractivity contribution in [2.24, 2.45) is 11.0 Å². The normalized spacial score (nSPS) is 21.1. The highest BCUT2D eigenvalue weighted by atomic mass is 19.1. The van der Waals surface area contributed by atoms with Crippen LogP contribution < -0.4 is 0 Å². The lowest BCUT2D eigenvalue weighted by molar-refractivity contribution is -0.150. The molecule has 0 N–H and O–H groups in total. The highest BCUT2D eigenvalue weighted by molar-refractivity contribution is 6.03. The van der Waals surface area contributed by atoms with E-state index in [9.17, 15) is 14.0 Å². The molecule has 2 aliphatic rings. The molecule has 0 aliphatic carbocycles. The first kappa shape index (κ1) is 23.1. The van der Waals surface area contributed by atoms with Crippen molar-refractivity contribution in [1.29, 1.82) is 0 Å². The molecule has 2 aromatic rings. The maximum Gasteiger partial charge on any atom is 0.310 e. The fourth-order valence-electron chi connectivity index (χ4n) is 4.70. The fraction of sp³-hybridized carbons (Fsp3) is 0.423. The molecule has 2 heterocycles. The number of carbonyl (C=O) groups excluding carboxylic acids is 2.